The van der Waals surface area contributed by atoms with Gasteiger partial charge in [0.1, 0.15) is 18.5 Å². The van der Waals surface area contributed by atoms with E-state index in [9.17, 15) is 4.79 Å². The van der Waals surface area contributed by atoms with Gasteiger partial charge in [0, 0.05) is 26.3 Å². The lowest BCUT2D eigenvalue weighted by molar-refractivity contribution is -0.147. The predicted molar refractivity (Wildman–Crippen MR) is 94.5 cm³/mol. The van der Waals surface area contributed by atoms with Crippen molar-refractivity contribution in [1.82, 2.24) is 14.9 Å². The smallest absolute Gasteiger partial charge is 0.249 e. The highest BCUT2D eigenvalue weighted by atomic mass is 16.5. The quantitative estimate of drug-likeness (QED) is 0.781. The fraction of sp³-hybridized carbons (Fsp3) is 0.722. The Labute approximate surface area is 149 Å². The molecule has 1 atom stereocenters. The van der Waals surface area contributed by atoms with Crippen molar-refractivity contribution in [3.63, 3.8) is 0 Å². The minimum absolute atomic E-state index is 0.00181. The fourth-order valence-electron chi connectivity index (χ4n) is 3.34. The summed E-state index contributed by atoms with van der Waals surface area (Å²) in [6, 6.07) is 1.63. The number of carbonyl (C=O) groups excluding carboxylic acids is 1. The van der Waals surface area contributed by atoms with Gasteiger partial charge in [-0.2, -0.15) is 0 Å². The van der Waals surface area contributed by atoms with Crippen LogP contribution in [0.2, 0.25) is 0 Å². The Kier molecular flexibility index (Phi) is 6.20. The third kappa shape index (κ3) is 4.46. The second kappa shape index (κ2) is 8.58. The van der Waals surface area contributed by atoms with Crippen molar-refractivity contribution < 1.29 is 14.3 Å². The van der Waals surface area contributed by atoms with Crippen molar-refractivity contribution >= 4 is 11.7 Å². The molecule has 0 N–H and O–H groups in total. The third-order valence-electron chi connectivity index (χ3n) is 5.02. The Morgan fingerprint density at radius 3 is 3.00 bits per heavy atom. The summed E-state index contributed by atoms with van der Waals surface area (Å²) in [7, 11) is 1.99. The molecule has 2 fully saturated rings. The van der Waals surface area contributed by atoms with Crippen LogP contribution in [0, 0.1) is 0 Å². The molecule has 1 aliphatic carbocycles. The van der Waals surface area contributed by atoms with Crippen molar-refractivity contribution in [2.24, 2.45) is 0 Å². The topological polar surface area (TPSA) is 67.8 Å². The molecule has 138 valence electrons. The molecule has 0 spiro atoms. The summed E-state index contributed by atoms with van der Waals surface area (Å²) in [5.74, 6) is 1.48. The van der Waals surface area contributed by atoms with E-state index in [4.69, 9.17) is 9.47 Å². The van der Waals surface area contributed by atoms with Gasteiger partial charge in [0.05, 0.1) is 19.3 Å². The van der Waals surface area contributed by atoms with Crippen LogP contribution >= 0.6 is 0 Å². The molecule has 2 heterocycles. The van der Waals surface area contributed by atoms with Gasteiger partial charge in [0.2, 0.25) is 5.91 Å². The van der Waals surface area contributed by atoms with Gasteiger partial charge in [-0.05, 0) is 25.8 Å². The van der Waals surface area contributed by atoms with Gasteiger partial charge >= 0.3 is 0 Å². The molecule has 7 heteroatoms. The molecule has 3 rings (SSSR count). The molecule has 25 heavy (non-hydrogen) atoms. The summed E-state index contributed by atoms with van der Waals surface area (Å²) in [5, 5.41) is 0. The molecule has 1 amide bonds. The standard InChI is InChI=1S/C18H28N4O3/c1-3-21(2)16-8-9-19-18(20-16)15-12-24-11-10-22(15)17(23)13-25-14-6-4-5-7-14/h8-9,14-15H,3-7,10-13H2,1-2H3/t15-/m0/s1. The Balaban J connectivity index is 1.68. The summed E-state index contributed by atoms with van der Waals surface area (Å²) >= 11 is 0. The summed E-state index contributed by atoms with van der Waals surface area (Å²) in [5.41, 5.74) is 0. The normalized spacial score (nSPS) is 21.5. The highest BCUT2D eigenvalue weighted by Crippen LogP contribution is 2.24. The zero-order chi connectivity index (χ0) is 17.6. The van der Waals surface area contributed by atoms with E-state index in [1.807, 2.05) is 22.9 Å². The second-order valence-corrected chi connectivity index (χ2v) is 6.68. The Morgan fingerprint density at radius 2 is 2.24 bits per heavy atom. The van der Waals surface area contributed by atoms with Crippen LogP contribution in [0.25, 0.3) is 0 Å². The second-order valence-electron chi connectivity index (χ2n) is 6.68. The van der Waals surface area contributed by atoms with E-state index in [2.05, 4.69) is 16.9 Å². The summed E-state index contributed by atoms with van der Waals surface area (Å²) in [6.07, 6.45) is 6.51. The van der Waals surface area contributed by atoms with Gasteiger partial charge in [-0.3, -0.25) is 4.79 Å². The predicted octanol–water partition coefficient (Wildman–Crippen LogP) is 1.79. The van der Waals surface area contributed by atoms with Gasteiger partial charge < -0.3 is 19.3 Å². The van der Waals surface area contributed by atoms with Crippen molar-refractivity contribution in [1.29, 1.82) is 0 Å². The number of hydrogen-bond acceptors (Lipinski definition) is 6. The number of carbonyl (C=O) groups is 1. The molecule has 7 nitrogen and oxygen atoms in total. The minimum Gasteiger partial charge on any atom is -0.377 e. The Morgan fingerprint density at radius 1 is 1.44 bits per heavy atom. The molecule has 0 unspecified atom stereocenters. The molecule has 2 aliphatic rings. The first kappa shape index (κ1) is 18.1. The van der Waals surface area contributed by atoms with Crippen LogP contribution in [0.3, 0.4) is 0 Å². The summed E-state index contributed by atoms with van der Waals surface area (Å²) < 4.78 is 11.4. The largest absolute Gasteiger partial charge is 0.377 e. The molecule has 1 saturated heterocycles. The average molecular weight is 348 g/mol. The number of amides is 1. The number of anilines is 1. The van der Waals surface area contributed by atoms with Crippen LogP contribution in [-0.2, 0) is 14.3 Å². The number of rotatable bonds is 6. The maximum absolute atomic E-state index is 12.7. The van der Waals surface area contributed by atoms with E-state index in [-0.39, 0.29) is 24.7 Å². The van der Waals surface area contributed by atoms with E-state index in [0.29, 0.717) is 25.6 Å². The van der Waals surface area contributed by atoms with Crippen molar-refractivity contribution in [3.8, 4) is 0 Å². The lowest BCUT2D eigenvalue weighted by Gasteiger charge is -2.35. The molecule has 1 aliphatic heterocycles. The fourth-order valence-corrected chi connectivity index (χ4v) is 3.34. The molecule has 1 aromatic heterocycles. The van der Waals surface area contributed by atoms with Crippen molar-refractivity contribution in [2.45, 2.75) is 44.8 Å². The van der Waals surface area contributed by atoms with Crippen LogP contribution in [-0.4, -0.2) is 66.8 Å². The van der Waals surface area contributed by atoms with Crippen LogP contribution < -0.4 is 4.90 Å². The van der Waals surface area contributed by atoms with Gasteiger partial charge in [0.25, 0.3) is 0 Å². The van der Waals surface area contributed by atoms with Gasteiger partial charge in [-0.15, -0.1) is 0 Å². The number of morpholine rings is 1. The highest BCUT2D eigenvalue weighted by Gasteiger charge is 2.31. The van der Waals surface area contributed by atoms with Crippen molar-refractivity contribution in [3.05, 3.63) is 18.1 Å². The first-order valence-corrected chi connectivity index (χ1v) is 9.22. The molecular formula is C18H28N4O3. The van der Waals surface area contributed by atoms with E-state index in [0.717, 1.165) is 25.2 Å². The molecule has 1 aromatic rings. The van der Waals surface area contributed by atoms with Crippen LogP contribution in [0.1, 0.15) is 44.5 Å². The lowest BCUT2D eigenvalue weighted by Crippen LogP contribution is -2.46. The zero-order valence-corrected chi connectivity index (χ0v) is 15.2. The van der Waals surface area contributed by atoms with Gasteiger partial charge in [-0.25, -0.2) is 9.97 Å². The van der Waals surface area contributed by atoms with Crippen LogP contribution in [0.4, 0.5) is 5.82 Å². The summed E-state index contributed by atoms with van der Waals surface area (Å²) in [4.78, 5) is 25.6. The van der Waals surface area contributed by atoms with Gasteiger partial charge in [0.15, 0.2) is 5.82 Å². The highest BCUT2D eigenvalue weighted by molar-refractivity contribution is 5.78. The van der Waals surface area contributed by atoms with Crippen molar-refractivity contribution in [2.75, 3.05) is 44.9 Å². The third-order valence-corrected chi connectivity index (χ3v) is 5.02. The van der Waals surface area contributed by atoms with E-state index < -0.39 is 0 Å². The van der Waals surface area contributed by atoms with Gasteiger partial charge in [-0.1, -0.05) is 12.8 Å². The van der Waals surface area contributed by atoms with Crippen LogP contribution in [0.5, 0.6) is 0 Å². The number of aromatic nitrogens is 2. The monoisotopic (exact) mass is 348 g/mol. The number of hydrogen-bond donors (Lipinski definition) is 0. The Bertz CT molecular complexity index is 577. The molecule has 0 radical (unpaired) electrons. The Hall–Kier alpha value is -1.73. The van der Waals surface area contributed by atoms with E-state index >= 15 is 0 Å². The first-order chi connectivity index (χ1) is 12.2. The molecule has 0 aromatic carbocycles. The number of nitrogens with zero attached hydrogens (tertiary/aromatic N) is 4. The molecule has 1 saturated carbocycles. The molecular weight excluding hydrogens is 320 g/mol. The zero-order valence-electron chi connectivity index (χ0n) is 15.2. The number of ether oxygens (including phenoxy) is 2. The first-order valence-electron chi connectivity index (χ1n) is 9.22. The lowest BCUT2D eigenvalue weighted by atomic mass is 10.2. The summed E-state index contributed by atoms with van der Waals surface area (Å²) in [6.45, 7) is 4.58. The molecule has 0 bridgehead atoms. The maximum atomic E-state index is 12.7. The SMILES string of the molecule is CCN(C)c1ccnc([C@@H]2COCCN2C(=O)COC2CCCC2)n1. The minimum atomic E-state index is -0.251. The van der Waals surface area contributed by atoms with E-state index in [1.54, 1.807) is 6.20 Å². The van der Waals surface area contributed by atoms with E-state index in [1.165, 1.54) is 12.8 Å². The average Bonchev–Trinajstić information content (AvgIpc) is 3.19. The van der Waals surface area contributed by atoms with Crippen LogP contribution in [0.15, 0.2) is 12.3 Å². The maximum Gasteiger partial charge on any atom is 0.249 e.